The highest BCUT2D eigenvalue weighted by Crippen LogP contribution is 2.30. The van der Waals surface area contributed by atoms with Crippen LogP contribution >= 0.6 is 0 Å². The Bertz CT molecular complexity index is 830. The van der Waals surface area contributed by atoms with E-state index in [-0.39, 0.29) is 11.3 Å². The Balaban J connectivity index is 2.07. The Morgan fingerprint density at radius 1 is 1.38 bits per heavy atom. The molecular weight excluding hydrogens is 326 g/mol. The fraction of sp³-hybridized carbons (Fsp3) is 0.524. The standard InChI is InChI=1S/C21H29N3O2/c1-6-23(15(2)25)17-7-8-19-18(13-17)22-20(21(3,4)5)24(19)14-16-9-11-26-12-10-16/h7-9,11,13,16H,6,10,12,14H2,1-5H3. The molecule has 1 aliphatic rings. The highest BCUT2D eigenvalue weighted by Gasteiger charge is 2.25. The van der Waals surface area contributed by atoms with Crippen LogP contribution in [0.25, 0.3) is 11.0 Å². The second-order valence-electron chi connectivity index (χ2n) is 7.98. The van der Waals surface area contributed by atoms with Gasteiger partial charge < -0.3 is 14.2 Å². The molecule has 0 saturated carbocycles. The number of carbonyl (C=O) groups excluding carboxylic acids is 1. The molecule has 2 heterocycles. The quantitative estimate of drug-likeness (QED) is 0.823. The number of fused-ring (bicyclic) bond motifs is 1. The van der Waals surface area contributed by atoms with E-state index in [2.05, 4.69) is 37.5 Å². The maximum Gasteiger partial charge on any atom is 0.223 e. The SMILES string of the molecule is CCN(C(C)=O)c1ccc2c(c1)nc(C(C)(C)C)n2CC1C=COCC1. The lowest BCUT2D eigenvalue weighted by Gasteiger charge is -2.24. The van der Waals surface area contributed by atoms with E-state index in [0.29, 0.717) is 12.5 Å². The average Bonchev–Trinajstić information content (AvgIpc) is 2.94. The van der Waals surface area contributed by atoms with E-state index in [1.165, 1.54) is 0 Å². The van der Waals surface area contributed by atoms with Crippen LogP contribution in [0.4, 0.5) is 5.69 Å². The Morgan fingerprint density at radius 2 is 2.15 bits per heavy atom. The molecule has 1 amide bonds. The molecular formula is C21H29N3O2. The van der Waals surface area contributed by atoms with Crippen molar-refractivity contribution in [2.75, 3.05) is 18.1 Å². The highest BCUT2D eigenvalue weighted by atomic mass is 16.5. The molecule has 140 valence electrons. The molecule has 5 heteroatoms. The number of carbonyl (C=O) groups is 1. The van der Waals surface area contributed by atoms with Crippen LogP contribution in [-0.4, -0.2) is 28.6 Å². The minimum absolute atomic E-state index is 0.0506. The van der Waals surface area contributed by atoms with Crippen LogP contribution in [-0.2, 0) is 21.5 Å². The molecule has 2 aromatic rings. The van der Waals surface area contributed by atoms with Gasteiger partial charge in [-0.15, -0.1) is 0 Å². The first kappa shape index (κ1) is 18.5. The number of imidazole rings is 1. The van der Waals surface area contributed by atoms with Crippen molar-refractivity contribution in [1.82, 2.24) is 9.55 Å². The summed E-state index contributed by atoms with van der Waals surface area (Å²) < 4.78 is 7.67. The van der Waals surface area contributed by atoms with Crippen molar-refractivity contribution in [3.63, 3.8) is 0 Å². The lowest BCUT2D eigenvalue weighted by molar-refractivity contribution is -0.116. The zero-order chi connectivity index (χ0) is 18.9. The first-order valence-corrected chi connectivity index (χ1v) is 9.38. The van der Waals surface area contributed by atoms with Crippen LogP contribution in [0.1, 0.15) is 46.9 Å². The van der Waals surface area contributed by atoms with Gasteiger partial charge in [0.2, 0.25) is 5.91 Å². The first-order valence-electron chi connectivity index (χ1n) is 9.38. The Kier molecular flexibility index (Phi) is 5.08. The largest absolute Gasteiger partial charge is 0.501 e. The van der Waals surface area contributed by atoms with Crippen LogP contribution in [0.3, 0.4) is 0 Å². The summed E-state index contributed by atoms with van der Waals surface area (Å²) in [6.45, 7) is 12.5. The summed E-state index contributed by atoms with van der Waals surface area (Å²) in [5.74, 6) is 1.58. The van der Waals surface area contributed by atoms with Gasteiger partial charge in [-0.25, -0.2) is 4.98 Å². The number of anilines is 1. The number of rotatable bonds is 4. The van der Waals surface area contributed by atoms with Gasteiger partial charge in [-0.05, 0) is 37.6 Å². The van der Waals surface area contributed by atoms with Gasteiger partial charge in [0.1, 0.15) is 5.82 Å². The number of ether oxygens (including phenoxy) is 1. The molecule has 1 unspecified atom stereocenters. The van der Waals surface area contributed by atoms with Crippen molar-refractivity contribution in [2.45, 2.75) is 53.0 Å². The molecule has 5 nitrogen and oxygen atoms in total. The smallest absolute Gasteiger partial charge is 0.223 e. The molecule has 26 heavy (non-hydrogen) atoms. The Hall–Kier alpha value is -2.30. The summed E-state index contributed by atoms with van der Waals surface area (Å²) in [6.07, 6.45) is 4.98. The number of benzene rings is 1. The van der Waals surface area contributed by atoms with Gasteiger partial charge >= 0.3 is 0 Å². The third-order valence-corrected chi connectivity index (χ3v) is 4.88. The Morgan fingerprint density at radius 3 is 2.73 bits per heavy atom. The maximum atomic E-state index is 11.9. The highest BCUT2D eigenvalue weighted by molar-refractivity contribution is 5.93. The molecule has 0 radical (unpaired) electrons. The van der Waals surface area contributed by atoms with E-state index in [0.717, 1.165) is 42.1 Å². The van der Waals surface area contributed by atoms with Gasteiger partial charge in [-0.3, -0.25) is 4.79 Å². The van der Waals surface area contributed by atoms with E-state index >= 15 is 0 Å². The molecule has 0 N–H and O–H groups in total. The lowest BCUT2D eigenvalue weighted by Crippen LogP contribution is -2.27. The van der Waals surface area contributed by atoms with Crippen molar-refractivity contribution in [1.29, 1.82) is 0 Å². The average molecular weight is 355 g/mol. The second-order valence-corrected chi connectivity index (χ2v) is 7.98. The van der Waals surface area contributed by atoms with Gasteiger partial charge in [0.05, 0.1) is 23.9 Å². The van der Waals surface area contributed by atoms with Crippen molar-refractivity contribution in [3.05, 3.63) is 36.4 Å². The molecule has 0 aliphatic carbocycles. The first-order chi connectivity index (χ1) is 12.3. The molecule has 0 bridgehead atoms. The minimum Gasteiger partial charge on any atom is -0.501 e. The van der Waals surface area contributed by atoms with Gasteiger partial charge in [0.25, 0.3) is 0 Å². The lowest BCUT2D eigenvalue weighted by atomic mass is 9.95. The summed E-state index contributed by atoms with van der Waals surface area (Å²) in [7, 11) is 0. The van der Waals surface area contributed by atoms with Crippen molar-refractivity contribution < 1.29 is 9.53 Å². The van der Waals surface area contributed by atoms with Crippen molar-refractivity contribution in [2.24, 2.45) is 5.92 Å². The number of aromatic nitrogens is 2. The molecule has 0 spiro atoms. The summed E-state index contributed by atoms with van der Waals surface area (Å²) in [5.41, 5.74) is 2.92. The van der Waals surface area contributed by atoms with Crippen LogP contribution in [0.15, 0.2) is 30.5 Å². The van der Waals surface area contributed by atoms with Gasteiger partial charge in [0, 0.05) is 37.0 Å². The fourth-order valence-corrected chi connectivity index (χ4v) is 3.57. The van der Waals surface area contributed by atoms with Gasteiger partial charge in [0.15, 0.2) is 0 Å². The van der Waals surface area contributed by atoms with E-state index in [1.54, 1.807) is 11.8 Å². The van der Waals surface area contributed by atoms with Crippen molar-refractivity contribution in [3.8, 4) is 0 Å². The predicted molar refractivity (Wildman–Crippen MR) is 105 cm³/mol. The monoisotopic (exact) mass is 355 g/mol. The van der Waals surface area contributed by atoms with E-state index in [4.69, 9.17) is 9.72 Å². The van der Waals surface area contributed by atoms with E-state index in [9.17, 15) is 4.79 Å². The predicted octanol–water partition coefficient (Wildman–Crippen LogP) is 4.26. The van der Waals surface area contributed by atoms with Gasteiger partial charge in [-0.1, -0.05) is 20.8 Å². The molecule has 1 atom stereocenters. The summed E-state index contributed by atoms with van der Waals surface area (Å²) in [5, 5.41) is 0. The molecule has 1 aliphatic heterocycles. The minimum atomic E-state index is -0.0565. The third-order valence-electron chi connectivity index (χ3n) is 4.88. The van der Waals surface area contributed by atoms with Crippen LogP contribution in [0.5, 0.6) is 0 Å². The van der Waals surface area contributed by atoms with Crippen molar-refractivity contribution >= 4 is 22.6 Å². The molecule has 3 rings (SSSR count). The van der Waals surface area contributed by atoms with E-state index < -0.39 is 0 Å². The topological polar surface area (TPSA) is 47.4 Å². The normalized spacial score (nSPS) is 17.3. The van der Waals surface area contributed by atoms with Crippen LogP contribution in [0, 0.1) is 5.92 Å². The summed E-state index contributed by atoms with van der Waals surface area (Å²) in [6, 6.07) is 6.16. The van der Waals surface area contributed by atoms with Crippen LogP contribution in [0.2, 0.25) is 0 Å². The molecule has 0 saturated heterocycles. The number of hydrogen-bond acceptors (Lipinski definition) is 3. The maximum absolute atomic E-state index is 11.9. The second kappa shape index (κ2) is 7.14. The molecule has 0 fully saturated rings. The number of allylic oxidation sites excluding steroid dienone is 1. The van der Waals surface area contributed by atoms with Crippen LogP contribution < -0.4 is 4.90 Å². The fourth-order valence-electron chi connectivity index (χ4n) is 3.57. The third kappa shape index (κ3) is 3.62. The number of nitrogens with zero attached hydrogens (tertiary/aromatic N) is 3. The van der Waals surface area contributed by atoms with Gasteiger partial charge in [-0.2, -0.15) is 0 Å². The van der Waals surface area contributed by atoms with E-state index in [1.807, 2.05) is 25.3 Å². The Labute approximate surface area is 155 Å². The number of hydrogen-bond donors (Lipinski definition) is 0. The summed E-state index contributed by atoms with van der Waals surface area (Å²) >= 11 is 0. The zero-order valence-electron chi connectivity index (χ0n) is 16.5. The zero-order valence-corrected chi connectivity index (χ0v) is 16.5. The number of amides is 1. The summed E-state index contributed by atoms with van der Waals surface area (Å²) in [4.78, 5) is 18.6. The molecule has 1 aromatic carbocycles. The molecule has 1 aromatic heterocycles.